The van der Waals surface area contributed by atoms with E-state index >= 15 is 0 Å². The minimum Gasteiger partial charge on any atom is -0.497 e. The quantitative estimate of drug-likeness (QED) is 0.361. The first kappa shape index (κ1) is 20.0. The van der Waals surface area contributed by atoms with E-state index in [4.69, 9.17) is 9.15 Å². The molecule has 1 amide bonds. The Labute approximate surface area is 177 Å². The van der Waals surface area contributed by atoms with Crippen LogP contribution in [0.15, 0.2) is 62.9 Å². The topological polar surface area (TPSA) is 86.4 Å². The van der Waals surface area contributed by atoms with Crippen molar-refractivity contribution in [3.63, 3.8) is 0 Å². The standard InChI is InChI=1S/C22H21N3O4S/c1-3-25-21(27)20-19(16-6-4-5-7-17(16)29-20)24-22(25)30-13-18(26)23-12-14-8-10-15(28-2)11-9-14/h4-11H,3,12-13H2,1-2H3,(H,23,26). The number of amides is 1. The number of carbonyl (C=O) groups excluding carboxylic acids is 1. The number of methoxy groups -OCH3 is 1. The summed E-state index contributed by atoms with van der Waals surface area (Å²) in [5, 5.41) is 4.18. The van der Waals surface area contributed by atoms with Gasteiger partial charge in [0, 0.05) is 18.5 Å². The van der Waals surface area contributed by atoms with Crippen LogP contribution in [0.1, 0.15) is 12.5 Å². The summed E-state index contributed by atoms with van der Waals surface area (Å²) in [4.78, 5) is 29.8. The molecule has 0 saturated carbocycles. The first-order valence-electron chi connectivity index (χ1n) is 9.55. The maximum atomic E-state index is 12.9. The second-order valence-corrected chi connectivity index (χ2v) is 7.58. The fraction of sp³-hybridized carbons (Fsp3) is 0.227. The minimum absolute atomic E-state index is 0.134. The first-order valence-corrected chi connectivity index (χ1v) is 10.5. The van der Waals surface area contributed by atoms with Crippen molar-refractivity contribution in [2.75, 3.05) is 12.9 Å². The number of ether oxygens (including phenoxy) is 1. The molecule has 7 nitrogen and oxygen atoms in total. The van der Waals surface area contributed by atoms with E-state index in [0.717, 1.165) is 16.7 Å². The summed E-state index contributed by atoms with van der Waals surface area (Å²) in [5.74, 6) is 0.792. The molecular weight excluding hydrogens is 402 g/mol. The first-order chi connectivity index (χ1) is 14.6. The highest BCUT2D eigenvalue weighted by molar-refractivity contribution is 7.99. The third-order valence-electron chi connectivity index (χ3n) is 4.74. The Morgan fingerprint density at radius 1 is 1.20 bits per heavy atom. The van der Waals surface area contributed by atoms with Crippen molar-refractivity contribution in [3.8, 4) is 5.75 Å². The maximum absolute atomic E-state index is 12.9. The lowest BCUT2D eigenvalue weighted by atomic mass is 10.2. The number of thioether (sulfide) groups is 1. The third-order valence-corrected chi connectivity index (χ3v) is 5.72. The van der Waals surface area contributed by atoms with E-state index in [1.165, 1.54) is 16.3 Å². The molecule has 30 heavy (non-hydrogen) atoms. The number of nitrogens with one attached hydrogen (secondary N) is 1. The molecule has 4 aromatic rings. The Bertz CT molecular complexity index is 1260. The van der Waals surface area contributed by atoms with Crippen LogP contribution in [-0.4, -0.2) is 28.3 Å². The number of benzene rings is 2. The third kappa shape index (κ3) is 3.91. The summed E-state index contributed by atoms with van der Waals surface area (Å²) in [6.45, 7) is 2.72. The molecule has 0 spiro atoms. The van der Waals surface area contributed by atoms with Crippen LogP contribution in [0.3, 0.4) is 0 Å². The molecule has 0 radical (unpaired) electrons. The highest BCUT2D eigenvalue weighted by Crippen LogP contribution is 2.27. The van der Waals surface area contributed by atoms with E-state index in [2.05, 4.69) is 10.3 Å². The summed E-state index contributed by atoms with van der Waals surface area (Å²) in [5.41, 5.74) is 2.14. The van der Waals surface area contributed by atoms with Crippen LogP contribution in [0.4, 0.5) is 0 Å². The van der Waals surface area contributed by atoms with E-state index in [-0.39, 0.29) is 22.8 Å². The number of nitrogens with zero attached hydrogens (tertiary/aromatic N) is 2. The van der Waals surface area contributed by atoms with Gasteiger partial charge in [0.25, 0.3) is 5.56 Å². The zero-order valence-corrected chi connectivity index (χ0v) is 17.5. The molecule has 0 aliphatic heterocycles. The lowest BCUT2D eigenvalue weighted by molar-refractivity contribution is -0.118. The van der Waals surface area contributed by atoms with Gasteiger partial charge in [-0.25, -0.2) is 4.98 Å². The molecular formula is C22H21N3O4S. The second kappa shape index (κ2) is 8.62. The van der Waals surface area contributed by atoms with Gasteiger partial charge in [-0.15, -0.1) is 0 Å². The van der Waals surface area contributed by atoms with Crippen molar-refractivity contribution >= 4 is 39.7 Å². The minimum atomic E-state index is -0.236. The molecule has 4 rings (SSSR count). The zero-order chi connectivity index (χ0) is 21.1. The number of hydrogen-bond acceptors (Lipinski definition) is 6. The van der Waals surface area contributed by atoms with Gasteiger partial charge >= 0.3 is 0 Å². The van der Waals surface area contributed by atoms with Gasteiger partial charge in [-0.3, -0.25) is 14.2 Å². The Kier molecular flexibility index (Phi) is 5.76. The van der Waals surface area contributed by atoms with Gasteiger partial charge in [0.05, 0.1) is 12.9 Å². The van der Waals surface area contributed by atoms with Crippen LogP contribution in [0.2, 0.25) is 0 Å². The normalized spacial score (nSPS) is 11.1. The van der Waals surface area contributed by atoms with E-state index in [0.29, 0.717) is 29.3 Å². The largest absolute Gasteiger partial charge is 0.497 e. The Morgan fingerprint density at radius 2 is 1.97 bits per heavy atom. The van der Waals surface area contributed by atoms with Gasteiger partial charge in [0.15, 0.2) is 5.16 Å². The van der Waals surface area contributed by atoms with Crippen LogP contribution in [0, 0.1) is 0 Å². The average Bonchev–Trinajstić information content (AvgIpc) is 3.16. The van der Waals surface area contributed by atoms with Crippen molar-refractivity contribution in [1.29, 1.82) is 0 Å². The van der Waals surface area contributed by atoms with Crippen molar-refractivity contribution < 1.29 is 13.9 Å². The molecule has 2 aromatic carbocycles. The van der Waals surface area contributed by atoms with Gasteiger partial charge in [-0.05, 0) is 36.8 Å². The second-order valence-electron chi connectivity index (χ2n) is 6.63. The van der Waals surface area contributed by atoms with Crippen molar-refractivity contribution in [3.05, 3.63) is 64.4 Å². The molecule has 2 heterocycles. The van der Waals surface area contributed by atoms with Crippen molar-refractivity contribution in [2.24, 2.45) is 0 Å². The van der Waals surface area contributed by atoms with Gasteiger partial charge in [-0.1, -0.05) is 36.0 Å². The highest BCUT2D eigenvalue weighted by atomic mass is 32.2. The molecule has 0 unspecified atom stereocenters. The molecule has 0 aliphatic carbocycles. The number of fused-ring (bicyclic) bond motifs is 3. The summed E-state index contributed by atoms with van der Waals surface area (Å²) in [6.07, 6.45) is 0. The fourth-order valence-electron chi connectivity index (χ4n) is 3.17. The maximum Gasteiger partial charge on any atom is 0.297 e. The molecule has 0 fully saturated rings. The molecule has 2 aromatic heterocycles. The molecule has 0 aliphatic rings. The Balaban J connectivity index is 1.50. The van der Waals surface area contributed by atoms with Gasteiger partial charge in [0.1, 0.15) is 16.8 Å². The Morgan fingerprint density at radius 3 is 2.70 bits per heavy atom. The number of carbonyl (C=O) groups is 1. The van der Waals surface area contributed by atoms with Crippen molar-refractivity contribution in [1.82, 2.24) is 14.9 Å². The monoisotopic (exact) mass is 423 g/mol. The van der Waals surface area contributed by atoms with Crippen LogP contribution < -0.4 is 15.6 Å². The van der Waals surface area contributed by atoms with Gasteiger partial charge in [-0.2, -0.15) is 0 Å². The van der Waals surface area contributed by atoms with Gasteiger partial charge in [0.2, 0.25) is 11.5 Å². The van der Waals surface area contributed by atoms with E-state index in [9.17, 15) is 9.59 Å². The fourth-order valence-corrected chi connectivity index (χ4v) is 4.05. The summed E-state index contributed by atoms with van der Waals surface area (Å²) in [7, 11) is 1.61. The highest BCUT2D eigenvalue weighted by Gasteiger charge is 2.17. The lowest BCUT2D eigenvalue weighted by Crippen LogP contribution is -2.26. The van der Waals surface area contributed by atoms with E-state index in [1.807, 2.05) is 55.5 Å². The lowest BCUT2D eigenvalue weighted by Gasteiger charge is -2.10. The SMILES string of the molecule is CCn1c(SCC(=O)NCc2ccc(OC)cc2)nc2c(oc3ccccc32)c1=O. The molecule has 8 heteroatoms. The average molecular weight is 423 g/mol. The van der Waals surface area contributed by atoms with E-state index < -0.39 is 0 Å². The number of rotatable bonds is 7. The van der Waals surface area contributed by atoms with Crippen molar-refractivity contribution in [2.45, 2.75) is 25.2 Å². The number of furan rings is 1. The van der Waals surface area contributed by atoms with Crippen LogP contribution >= 0.6 is 11.8 Å². The Hall–Kier alpha value is -3.26. The van der Waals surface area contributed by atoms with Crippen LogP contribution in [0.5, 0.6) is 5.75 Å². The molecule has 1 N–H and O–H groups in total. The number of para-hydroxylation sites is 1. The molecule has 0 atom stereocenters. The van der Waals surface area contributed by atoms with Crippen LogP contribution in [0.25, 0.3) is 22.1 Å². The predicted molar refractivity (Wildman–Crippen MR) is 117 cm³/mol. The van der Waals surface area contributed by atoms with Gasteiger partial charge < -0.3 is 14.5 Å². The summed E-state index contributed by atoms with van der Waals surface area (Å²) < 4.78 is 12.4. The summed E-state index contributed by atoms with van der Waals surface area (Å²) >= 11 is 1.24. The smallest absolute Gasteiger partial charge is 0.297 e. The van der Waals surface area contributed by atoms with E-state index in [1.54, 1.807) is 7.11 Å². The molecule has 0 bridgehead atoms. The molecule has 154 valence electrons. The number of aromatic nitrogens is 2. The van der Waals surface area contributed by atoms with Crippen LogP contribution in [-0.2, 0) is 17.9 Å². The zero-order valence-electron chi connectivity index (χ0n) is 16.7. The predicted octanol–water partition coefficient (Wildman–Crippen LogP) is 3.58. The number of hydrogen-bond donors (Lipinski definition) is 1. The summed E-state index contributed by atoms with van der Waals surface area (Å²) in [6, 6.07) is 14.9. The molecule has 0 saturated heterocycles.